The molecule has 0 spiro atoms. The van der Waals surface area contributed by atoms with Gasteiger partial charge in [-0.15, -0.1) is 0 Å². The van der Waals surface area contributed by atoms with Crippen molar-refractivity contribution in [2.75, 3.05) is 7.11 Å². The number of carbonyl (C=O) groups excluding carboxylic acids is 1. The Balaban J connectivity index is 1.98. The van der Waals surface area contributed by atoms with Gasteiger partial charge in [0, 0.05) is 16.5 Å². The molecule has 0 saturated carbocycles. The summed E-state index contributed by atoms with van der Waals surface area (Å²) in [6, 6.07) is 24.3. The van der Waals surface area contributed by atoms with Crippen molar-refractivity contribution < 1.29 is 14.6 Å². The summed E-state index contributed by atoms with van der Waals surface area (Å²) in [6.07, 6.45) is 0. The van der Waals surface area contributed by atoms with Gasteiger partial charge in [0.1, 0.15) is 0 Å². The lowest BCUT2D eigenvalue weighted by Gasteiger charge is -2.08. The molecule has 5 heteroatoms. The number of aromatic amines is 1. The van der Waals surface area contributed by atoms with Gasteiger partial charge in [-0.05, 0) is 30.3 Å². The summed E-state index contributed by atoms with van der Waals surface area (Å²) in [5.41, 5.74) is 3.87. The number of carbonyl (C=O) groups is 1. The van der Waals surface area contributed by atoms with E-state index in [1.807, 2.05) is 60.7 Å². The smallest absolute Gasteiger partial charge is 0.337 e. The summed E-state index contributed by atoms with van der Waals surface area (Å²) < 4.78 is 4.83. The fraction of sp³-hybridized carbons (Fsp3) is 0.0435. The van der Waals surface area contributed by atoms with Gasteiger partial charge in [-0.2, -0.15) is 0 Å². The van der Waals surface area contributed by atoms with Crippen LogP contribution in [0.4, 0.5) is 5.69 Å². The van der Waals surface area contributed by atoms with Crippen molar-refractivity contribution in [1.82, 2.24) is 4.98 Å². The van der Waals surface area contributed by atoms with Crippen LogP contribution in [0.3, 0.4) is 0 Å². The highest BCUT2D eigenvalue weighted by Crippen LogP contribution is 2.32. The van der Waals surface area contributed by atoms with Crippen molar-refractivity contribution in [3.63, 3.8) is 0 Å². The predicted molar refractivity (Wildman–Crippen MR) is 109 cm³/mol. The minimum Gasteiger partial charge on any atom is -0.494 e. The second kappa shape index (κ2) is 7.40. The van der Waals surface area contributed by atoms with Gasteiger partial charge in [0.05, 0.1) is 29.6 Å². The highest BCUT2D eigenvalue weighted by molar-refractivity contribution is 6.22. The molecule has 138 valence electrons. The number of fused-ring (bicyclic) bond motifs is 1. The monoisotopic (exact) mass is 370 g/mol. The molecule has 0 bridgehead atoms. The number of benzene rings is 3. The van der Waals surface area contributed by atoms with Crippen LogP contribution in [0.25, 0.3) is 10.9 Å². The zero-order chi connectivity index (χ0) is 19.5. The van der Waals surface area contributed by atoms with Gasteiger partial charge in [-0.3, -0.25) is 0 Å². The molecule has 0 amide bonds. The van der Waals surface area contributed by atoms with Crippen LogP contribution in [0.2, 0.25) is 0 Å². The number of nitrogens with zero attached hydrogens (tertiary/aromatic N) is 1. The van der Waals surface area contributed by atoms with E-state index < -0.39 is 5.97 Å². The molecule has 0 aliphatic rings. The number of aliphatic imine (C=N–C) groups is 1. The first kappa shape index (κ1) is 17.5. The quantitative estimate of drug-likeness (QED) is 0.399. The highest BCUT2D eigenvalue weighted by atomic mass is 16.5. The Morgan fingerprint density at radius 2 is 1.61 bits per heavy atom. The van der Waals surface area contributed by atoms with Gasteiger partial charge < -0.3 is 14.8 Å². The molecule has 1 heterocycles. The summed E-state index contributed by atoms with van der Waals surface area (Å²) in [4.78, 5) is 19.7. The van der Waals surface area contributed by atoms with Gasteiger partial charge in [-0.1, -0.05) is 48.5 Å². The lowest BCUT2D eigenvalue weighted by atomic mass is 9.99. The number of rotatable bonds is 4. The van der Waals surface area contributed by atoms with Crippen LogP contribution < -0.4 is 0 Å². The second-order valence-corrected chi connectivity index (χ2v) is 6.26. The number of esters is 1. The van der Waals surface area contributed by atoms with E-state index in [9.17, 15) is 9.90 Å². The Labute approximate surface area is 161 Å². The van der Waals surface area contributed by atoms with Crippen LogP contribution in [-0.2, 0) is 4.74 Å². The number of para-hydroxylation sites is 1. The molecule has 5 nitrogen and oxygen atoms in total. The van der Waals surface area contributed by atoms with Crippen LogP contribution in [-0.4, -0.2) is 28.9 Å². The van der Waals surface area contributed by atoms with E-state index in [1.165, 1.54) is 7.11 Å². The molecular formula is C23H18N2O3. The molecule has 1 aromatic heterocycles. The molecule has 0 saturated heterocycles. The van der Waals surface area contributed by atoms with E-state index in [0.717, 1.165) is 11.3 Å². The predicted octanol–water partition coefficient (Wildman–Crippen LogP) is 4.83. The third-order valence-corrected chi connectivity index (χ3v) is 4.48. The third kappa shape index (κ3) is 3.25. The molecule has 28 heavy (non-hydrogen) atoms. The molecule has 0 unspecified atom stereocenters. The minimum absolute atomic E-state index is 0.00412. The van der Waals surface area contributed by atoms with Gasteiger partial charge in [-0.25, -0.2) is 9.79 Å². The van der Waals surface area contributed by atoms with Gasteiger partial charge in [0.15, 0.2) is 5.88 Å². The Kier molecular flexibility index (Phi) is 4.64. The fourth-order valence-electron chi connectivity index (χ4n) is 3.15. The number of hydrogen-bond donors (Lipinski definition) is 2. The first-order chi connectivity index (χ1) is 13.7. The lowest BCUT2D eigenvalue weighted by molar-refractivity contribution is 0.0601. The van der Waals surface area contributed by atoms with E-state index in [-0.39, 0.29) is 5.88 Å². The van der Waals surface area contributed by atoms with Crippen molar-refractivity contribution in [2.24, 2.45) is 4.99 Å². The Morgan fingerprint density at radius 3 is 2.29 bits per heavy atom. The standard InChI is InChI=1S/C23H18N2O3/c1-28-23(27)16-12-13-19-18(14-16)20(22(26)25-19)21(15-8-4-2-5-9-15)24-17-10-6-3-7-11-17/h2-14,25-26H,1H3. The van der Waals surface area contributed by atoms with E-state index >= 15 is 0 Å². The van der Waals surface area contributed by atoms with Crippen molar-refractivity contribution in [2.45, 2.75) is 0 Å². The maximum Gasteiger partial charge on any atom is 0.337 e. The summed E-state index contributed by atoms with van der Waals surface area (Å²) >= 11 is 0. The molecule has 4 rings (SSSR count). The van der Waals surface area contributed by atoms with Crippen molar-refractivity contribution in [3.05, 3.63) is 95.6 Å². The zero-order valence-electron chi connectivity index (χ0n) is 15.2. The molecule has 0 aliphatic carbocycles. The van der Waals surface area contributed by atoms with Gasteiger partial charge >= 0.3 is 5.97 Å². The number of ether oxygens (including phenoxy) is 1. The molecule has 0 radical (unpaired) electrons. The van der Waals surface area contributed by atoms with Crippen molar-refractivity contribution in [1.29, 1.82) is 0 Å². The molecule has 3 aromatic carbocycles. The van der Waals surface area contributed by atoms with Crippen molar-refractivity contribution in [3.8, 4) is 5.88 Å². The Hall–Kier alpha value is -3.86. The molecule has 0 atom stereocenters. The fourth-order valence-corrected chi connectivity index (χ4v) is 3.15. The van der Waals surface area contributed by atoms with E-state index in [4.69, 9.17) is 9.73 Å². The number of aromatic nitrogens is 1. The number of methoxy groups -OCH3 is 1. The van der Waals surface area contributed by atoms with Crippen LogP contribution in [0.5, 0.6) is 5.88 Å². The average molecular weight is 370 g/mol. The van der Waals surface area contributed by atoms with Crippen molar-refractivity contribution >= 4 is 28.3 Å². The second-order valence-electron chi connectivity index (χ2n) is 6.26. The van der Waals surface area contributed by atoms with E-state index in [0.29, 0.717) is 27.7 Å². The molecule has 2 N–H and O–H groups in total. The third-order valence-electron chi connectivity index (χ3n) is 4.48. The number of hydrogen-bond acceptors (Lipinski definition) is 4. The summed E-state index contributed by atoms with van der Waals surface area (Å²) in [6.45, 7) is 0. The molecule has 4 aromatic rings. The van der Waals surface area contributed by atoms with E-state index in [1.54, 1.807) is 18.2 Å². The molecule has 0 aliphatic heterocycles. The first-order valence-corrected chi connectivity index (χ1v) is 8.80. The summed E-state index contributed by atoms with van der Waals surface area (Å²) in [5.74, 6) is -0.439. The Bertz CT molecular complexity index is 1160. The highest BCUT2D eigenvalue weighted by Gasteiger charge is 2.20. The number of aromatic hydroxyl groups is 1. The minimum atomic E-state index is -0.435. The normalized spacial score (nSPS) is 11.5. The zero-order valence-corrected chi connectivity index (χ0v) is 15.2. The maximum atomic E-state index is 12.0. The SMILES string of the molecule is COC(=O)c1ccc2[nH]c(O)c(C(=Nc3ccccc3)c3ccccc3)c2c1. The van der Waals surface area contributed by atoms with Crippen LogP contribution in [0.15, 0.2) is 83.9 Å². The average Bonchev–Trinajstić information content (AvgIpc) is 3.07. The largest absolute Gasteiger partial charge is 0.494 e. The number of nitrogens with one attached hydrogen (secondary N) is 1. The molecular weight excluding hydrogens is 352 g/mol. The topological polar surface area (TPSA) is 74.7 Å². The Morgan fingerprint density at radius 1 is 0.929 bits per heavy atom. The van der Waals surface area contributed by atoms with Crippen LogP contribution in [0.1, 0.15) is 21.5 Å². The maximum absolute atomic E-state index is 12.0. The summed E-state index contributed by atoms with van der Waals surface area (Å²) in [7, 11) is 1.34. The van der Waals surface area contributed by atoms with E-state index in [2.05, 4.69) is 4.98 Å². The van der Waals surface area contributed by atoms with Gasteiger partial charge in [0.2, 0.25) is 0 Å². The first-order valence-electron chi connectivity index (χ1n) is 8.80. The molecule has 0 fully saturated rings. The van der Waals surface area contributed by atoms with Gasteiger partial charge in [0.25, 0.3) is 0 Å². The lowest BCUT2D eigenvalue weighted by Crippen LogP contribution is -2.04. The number of H-pyrrole nitrogens is 1. The summed E-state index contributed by atoms with van der Waals surface area (Å²) in [5, 5.41) is 11.4. The van der Waals surface area contributed by atoms with Crippen LogP contribution in [0, 0.1) is 0 Å². The van der Waals surface area contributed by atoms with Crippen LogP contribution >= 0.6 is 0 Å².